The number of amides is 2. The van der Waals surface area contributed by atoms with Crippen LogP contribution in [0.25, 0.3) is 0 Å². The van der Waals surface area contributed by atoms with Crippen LogP contribution in [0.5, 0.6) is 0 Å². The highest BCUT2D eigenvalue weighted by Crippen LogP contribution is 2.14. The SMILES string of the molecule is CN(C)C(=O)C(Cc1ccc([N+](=O)[O-])cc1)NC(=O)OC(C)(C)C. The summed E-state index contributed by atoms with van der Waals surface area (Å²) in [7, 11) is 3.17. The Morgan fingerprint density at radius 3 is 2.21 bits per heavy atom. The highest BCUT2D eigenvalue weighted by atomic mass is 16.6. The number of ether oxygens (including phenoxy) is 1. The normalized spacial score (nSPS) is 12.2. The Kier molecular flexibility index (Phi) is 6.27. The molecule has 0 saturated carbocycles. The maximum atomic E-state index is 12.3. The van der Waals surface area contributed by atoms with Gasteiger partial charge in [-0.25, -0.2) is 4.79 Å². The number of benzene rings is 1. The summed E-state index contributed by atoms with van der Waals surface area (Å²) in [6, 6.07) is 5.02. The van der Waals surface area contributed by atoms with Gasteiger partial charge < -0.3 is 15.0 Å². The van der Waals surface area contributed by atoms with Gasteiger partial charge in [0.25, 0.3) is 5.69 Å². The smallest absolute Gasteiger partial charge is 0.408 e. The van der Waals surface area contributed by atoms with Crippen LogP contribution < -0.4 is 5.32 Å². The summed E-state index contributed by atoms with van der Waals surface area (Å²) in [4.78, 5) is 35.8. The van der Waals surface area contributed by atoms with E-state index < -0.39 is 22.7 Å². The zero-order chi connectivity index (χ0) is 18.5. The van der Waals surface area contributed by atoms with Gasteiger partial charge in [0, 0.05) is 32.6 Å². The minimum absolute atomic E-state index is 0.0330. The molecule has 1 atom stereocenters. The maximum absolute atomic E-state index is 12.3. The Morgan fingerprint density at radius 1 is 1.25 bits per heavy atom. The molecule has 0 aliphatic rings. The summed E-state index contributed by atoms with van der Waals surface area (Å²) in [6.45, 7) is 5.18. The molecule has 0 bridgehead atoms. The highest BCUT2D eigenvalue weighted by molar-refractivity contribution is 5.85. The molecule has 1 rings (SSSR count). The van der Waals surface area contributed by atoms with Crippen molar-refractivity contribution in [3.05, 3.63) is 39.9 Å². The number of alkyl carbamates (subject to hydrolysis) is 1. The molecule has 8 heteroatoms. The minimum Gasteiger partial charge on any atom is -0.444 e. The van der Waals surface area contributed by atoms with E-state index in [9.17, 15) is 19.7 Å². The van der Waals surface area contributed by atoms with Crippen LogP contribution in [0, 0.1) is 10.1 Å². The molecule has 132 valence electrons. The second-order valence-corrected chi connectivity index (χ2v) is 6.56. The molecular weight excluding hydrogens is 314 g/mol. The van der Waals surface area contributed by atoms with Gasteiger partial charge in [-0.05, 0) is 26.3 Å². The molecule has 0 aliphatic carbocycles. The van der Waals surface area contributed by atoms with Crippen molar-refractivity contribution < 1.29 is 19.2 Å². The Labute approximate surface area is 140 Å². The van der Waals surface area contributed by atoms with Crippen LogP contribution in [0.15, 0.2) is 24.3 Å². The van der Waals surface area contributed by atoms with Gasteiger partial charge in [-0.3, -0.25) is 14.9 Å². The lowest BCUT2D eigenvalue weighted by Crippen LogP contribution is -2.48. The van der Waals surface area contributed by atoms with Gasteiger partial charge in [0.05, 0.1) is 4.92 Å². The average molecular weight is 337 g/mol. The van der Waals surface area contributed by atoms with Crippen molar-refractivity contribution in [3.8, 4) is 0 Å². The third-order valence-corrected chi connectivity index (χ3v) is 3.02. The monoisotopic (exact) mass is 337 g/mol. The molecule has 1 aromatic carbocycles. The van der Waals surface area contributed by atoms with Crippen molar-refractivity contribution in [2.45, 2.75) is 38.8 Å². The molecule has 0 radical (unpaired) electrons. The lowest BCUT2D eigenvalue weighted by molar-refractivity contribution is -0.384. The van der Waals surface area contributed by atoms with Gasteiger partial charge in [0.15, 0.2) is 0 Å². The Bertz CT molecular complexity index is 605. The molecule has 8 nitrogen and oxygen atoms in total. The van der Waals surface area contributed by atoms with E-state index >= 15 is 0 Å². The molecule has 0 heterocycles. The molecule has 0 saturated heterocycles. The molecule has 0 aromatic heterocycles. The van der Waals surface area contributed by atoms with Crippen molar-refractivity contribution in [2.75, 3.05) is 14.1 Å². The van der Waals surface area contributed by atoms with Crippen molar-refractivity contribution in [2.24, 2.45) is 0 Å². The quantitative estimate of drug-likeness (QED) is 0.655. The number of hydrogen-bond donors (Lipinski definition) is 1. The summed E-state index contributed by atoms with van der Waals surface area (Å²) in [6.07, 6.45) is -0.488. The molecule has 0 fully saturated rings. The van der Waals surface area contributed by atoms with E-state index in [-0.39, 0.29) is 18.0 Å². The number of hydrogen-bond acceptors (Lipinski definition) is 5. The van der Waals surface area contributed by atoms with Crippen LogP contribution in [0.1, 0.15) is 26.3 Å². The maximum Gasteiger partial charge on any atom is 0.408 e. The molecule has 0 spiro atoms. The van der Waals surface area contributed by atoms with Crippen LogP contribution in [0.4, 0.5) is 10.5 Å². The van der Waals surface area contributed by atoms with Crippen molar-refractivity contribution in [1.82, 2.24) is 10.2 Å². The van der Waals surface area contributed by atoms with Gasteiger partial charge in [-0.2, -0.15) is 0 Å². The van der Waals surface area contributed by atoms with E-state index in [1.807, 2.05) is 0 Å². The number of nitro groups is 1. The number of likely N-dealkylation sites (N-methyl/N-ethyl adjacent to an activating group) is 1. The van der Waals surface area contributed by atoms with E-state index in [4.69, 9.17) is 4.74 Å². The summed E-state index contributed by atoms with van der Waals surface area (Å²) < 4.78 is 5.18. The van der Waals surface area contributed by atoms with Gasteiger partial charge in [0.2, 0.25) is 5.91 Å². The number of rotatable bonds is 5. The van der Waals surface area contributed by atoms with E-state index in [0.29, 0.717) is 5.56 Å². The number of carbonyl (C=O) groups is 2. The van der Waals surface area contributed by atoms with Crippen molar-refractivity contribution in [1.29, 1.82) is 0 Å². The topological polar surface area (TPSA) is 102 Å². The molecule has 2 amide bonds. The first kappa shape index (κ1) is 19.4. The van der Waals surface area contributed by atoms with Gasteiger partial charge in [0.1, 0.15) is 11.6 Å². The second kappa shape index (κ2) is 7.76. The lowest BCUT2D eigenvalue weighted by Gasteiger charge is -2.25. The van der Waals surface area contributed by atoms with Gasteiger partial charge in [-0.15, -0.1) is 0 Å². The summed E-state index contributed by atoms with van der Waals surface area (Å²) in [5.74, 6) is -0.292. The first-order valence-corrected chi connectivity index (χ1v) is 7.43. The van der Waals surface area contributed by atoms with Crippen LogP contribution >= 0.6 is 0 Å². The van der Waals surface area contributed by atoms with E-state index in [2.05, 4.69) is 5.32 Å². The van der Waals surface area contributed by atoms with Crippen molar-refractivity contribution >= 4 is 17.7 Å². The van der Waals surface area contributed by atoms with E-state index in [1.54, 1.807) is 47.0 Å². The summed E-state index contributed by atoms with van der Waals surface area (Å²) in [5, 5.41) is 13.2. The molecule has 24 heavy (non-hydrogen) atoms. The molecule has 1 unspecified atom stereocenters. The predicted molar refractivity (Wildman–Crippen MR) is 88.7 cm³/mol. The second-order valence-electron chi connectivity index (χ2n) is 6.56. The number of non-ortho nitro benzene ring substituents is 1. The zero-order valence-electron chi connectivity index (χ0n) is 14.5. The van der Waals surface area contributed by atoms with Gasteiger partial charge in [-0.1, -0.05) is 12.1 Å². The van der Waals surface area contributed by atoms with Crippen LogP contribution in [-0.4, -0.2) is 47.6 Å². The number of nitrogens with one attached hydrogen (secondary N) is 1. The summed E-state index contributed by atoms with van der Waals surface area (Å²) >= 11 is 0. The Balaban J connectivity index is 2.88. The van der Waals surface area contributed by atoms with E-state index in [1.165, 1.54) is 17.0 Å². The fraction of sp³-hybridized carbons (Fsp3) is 0.500. The number of nitrogens with zero attached hydrogens (tertiary/aromatic N) is 2. The Hall–Kier alpha value is -2.64. The lowest BCUT2D eigenvalue weighted by atomic mass is 10.0. The first-order valence-electron chi connectivity index (χ1n) is 7.43. The molecule has 1 aromatic rings. The van der Waals surface area contributed by atoms with Crippen LogP contribution in [-0.2, 0) is 16.0 Å². The highest BCUT2D eigenvalue weighted by Gasteiger charge is 2.25. The molecule has 0 aliphatic heterocycles. The summed E-state index contributed by atoms with van der Waals surface area (Å²) in [5.41, 5.74) is -0.0189. The fourth-order valence-corrected chi connectivity index (χ4v) is 1.95. The first-order chi connectivity index (χ1) is 11.0. The average Bonchev–Trinajstić information content (AvgIpc) is 2.44. The Morgan fingerprint density at radius 2 is 1.79 bits per heavy atom. The molecular formula is C16H23N3O5. The third-order valence-electron chi connectivity index (χ3n) is 3.02. The standard InChI is InChI=1S/C16H23N3O5/c1-16(2,3)24-15(21)17-13(14(20)18(4)5)10-11-6-8-12(9-7-11)19(22)23/h6-9,13H,10H2,1-5H3,(H,17,21). The minimum atomic E-state index is -0.823. The molecule has 1 N–H and O–H groups in total. The van der Waals surface area contributed by atoms with E-state index in [0.717, 1.165) is 0 Å². The fourth-order valence-electron chi connectivity index (χ4n) is 1.95. The number of carbonyl (C=O) groups excluding carboxylic acids is 2. The zero-order valence-corrected chi connectivity index (χ0v) is 14.5. The van der Waals surface area contributed by atoms with Crippen molar-refractivity contribution in [3.63, 3.8) is 0 Å². The van der Waals surface area contributed by atoms with Gasteiger partial charge >= 0.3 is 6.09 Å². The number of nitro benzene ring substituents is 1. The van der Waals surface area contributed by atoms with Crippen LogP contribution in [0.2, 0.25) is 0 Å². The third kappa shape index (κ3) is 6.23. The van der Waals surface area contributed by atoms with Crippen LogP contribution in [0.3, 0.4) is 0 Å². The predicted octanol–water partition coefficient (Wildman–Crippen LogP) is 2.12. The largest absolute Gasteiger partial charge is 0.444 e.